The average Bonchev–Trinajstić information content (AvgIpc) is 2.37. The molecule has 0 unspecified atom stereocenters. The van der Waals surface area contributed by atoms with Crippen molar-refractivity contribution in [1.29, 1.82) is 0 Å². The molecule has 0 saturated carbocycles. The Balaban J connectivity index is 2.74. The van der Waals surface area contributed by atoms with Crippen LogP contribution in [0.2, 0.25) is 0 Å². The van der Waals surface area contributed by atoms with E-state index in [2.05, 4.69) is 70.9 Å². The highest BCUT2D eigenvalue weighted by Crippen LogP contribution is 2.33. The van der Waals surface area contributed by atoms with Crippen LogP contribution in [0.4, 0.5) is 0 Å². The summed E-state index contributed by atoms with van der Waals surface area (Å²) in [5.74, 6) is 3.02. The summed E-state index contributed by atoms with van der Waals surface area (Å²) in [6, 6.07) is 4.15. The van der Waals surface area contributed by atoms with Crippen molar-refractivity contribution in [2.24, 2.45) is 17.8 Å². The minimum atomic E-state index is 0.674. The fourth-order valence-electron chi connectivity index (χ4n) is 2.67. The van der Waals surface area contributed by atoms with E-state index in [1.165, 1.54) is 5.56 Å². The van der Waals surface area contributed by atoms with Gasteiger partial charge in [0.2, 0.25) is 0 Å². The van der Waals surface area contributed by atoms with E-state index in [1.54, 1.807) is 0 Å². The molecule has 2 nitrogen and oxygen atoms in total. The van der Waals surface area contributed by atoms with Gasteiger partial charge in [0.05, 0.1) is 11.1 Å². The third-order valence-corrected chi connectivity index (χ3v) is 4.83. The first-order chi connectivity index (χ1) is 9.86. The number of rotatable bonds is 8. The van der Waals surface area contributed by atoms with Gasteiger partial charge in [-0.05, 0) is 59.3 Å². The molecule has 1 aromatic carbocycles. The minimum Gasteiger partial charge on any atom is -0.492 e. The molecule has 0 bridgehead atoms. The smallest absolute Gasteiger partial charge is 0.138 e. The summed E-state index contributed by atoms with van der Waals surface area (Å²) in [5.41, 5.74) is 1.18. The van der Waals surface area contributed by atoms with E-state index >= 15 is 0 Å². The quantitative estimate of drug-likeness (QED) is 0.588. The Bertz CT molecular complexity index is 439. The third kappa shape index (κ3) is 5.91. The molecule has 4 heteroatoms. The molecular formula is C17H27Br2NO. The second-order valence-corrected chi connectivity index (χ2v) is 7.86. The highest BCUT2D eigenvalue weighted by Gasteiger charge is 2.17. The summed E-state index contributed by atoms with van der Waals surface area (Å²) in [4.78, 5) is 0. The second kappa shape index (κ2) is 9.16. The Morgan fingerprint density at radius 2 is 1.71 bits per heavy atom. The van der Waals surface area contributed by atoms with Gasteiger partial charge >= 0.3 is 0 Å². The van der Waals surface area contributed by atoms with Crippen LogP contribution in [0.1, 0.15) is 40.2 Å². The molecule has 0 aliphatic rings. The number of halogens is 2. The van der Waals surface area contributed by atoms with Crippen molar-refractivity contribution in [1.82, 2.24) is 5.32 Å². The predicted molar refractivity (Wildman–Crippen MR) is 97.9 cm³/mol. The highest BCUT2D eigenvalue weighted by atomic mass is 79.9. The van der Waals surface area contributed by atoms with E-state index in [4.69, 9.17) is 4.74 Å². The maximum Gasteiger partial charge on any atom is 0.138 e. The maximum atomic E-state index is 5.77. The van der Waals surface area contributed by atoms with Gasteiger partial charge in [0.1, 0.15) is 5.75 Å². The normalized spacial score (nSPS) is 11.7. The molecule has 1 aromatic rings. The van der Waals surface area contributed by atoms with Gasteiger partial charge in [-0.3, -0.25) is 0 Å². The molecule has 1 N–H and O–H groups in total. The fraction of sp³-hybridized carbons (Fsp3) is 0.647. The average molecular weight is 421 g/mol. The summed E-state index contributed by atoms with van der Waals surface area (Å²) in [7, 11) is 0. The Kier molecular flexibility index (Phi) is 8.28. The predicted octanol–water partition coefficient (Wildman–Crippen LogP) is 5.63. The standard InChI is InChI=1S/C17H27Br2NO/c1-6-21-17-13(7-14(18)8-16(17)19)9-20-10-15(11(2)3)12(4)5/h7-8,11-12,15,20H,6,9-10H2,1-5H3. The van der Waals surface area contributed by atoms with E-state index in [0.29, 0.717) is 24.4 Å². The zero-order valence-corrected chi connectivity index (χ0v) is 16.8. The van der Waals surface area contributed by atoms with E-state index < -0.39 is 0 Å². The van der Waals surface area contributed by atoms with Crippen molar-refractivity contribution >= 4 is 31.9 Å². The summed E-state index contributed by atoms with van der Waals surface area (Å²) in [5, 5.41) is 3.60. The van der Waals surface area contributed by atoms with Crippen LogP contribution in [-0.4, -0.2) is 13.2 Å². The Morgan fingerprint density at radius 1 is 1.10 bits per heavy atom. The molecule has 0 saturated heterocycles. The molecule has 0 atom stereocenters. The lowest BCUT2D eigenvalue weighted by Crippen LogP contribution is -2.29. The molecule has 0 aromatic heterocycles. The van der Waals surface area contributed by atoms with Crippen molar-refractivity contribution in [3.05, 3.63) is 26.6 Å². The van der Waals surface area contributed by atoms with E-state index in [-0.39, 0.29) is 0 Å². The molecule has 21 heavy (non-hydrogen) atoms. The number of nitrogens with one attached hydrogen (secondary N) is 1. The van der Waals surface area contributed by atoms with Crippen LogP contribution < -0.4 is 10.1 Å². The van der Waals surface area contributed by atoms with Gasteiger partial charge in [-0.25, -0.2) is 0 Å². The van der Waals surface area contributed by atoms with Gasteiger partial charge in [-0.1, -0.05) is 43.6 Å². The van der Waals surface area contributed by atoms with Crippen LogP contribution in [0.15, 0.2) is 21.1 Å². The zero-order chi connectivity index (χ0) is 16.0. The first-order valence-corrected chi connectivity index (χ1v) is 9.26. The van der Waals surface area contributed by atoms with Crippen LogP contribution in [-0.2, 0) is 6.54 Å². The molecule has 120 valence electrons. The van der Waals surface area contributed by atoms with Crippen LogP contribution in [0.5, 0.6) is 5.75 Å². The van der Waals surface area contributed by atoms with Crippen LogP contribution in [0.25, 0.3) is 0 Å². The van der Waals surface area contributed by atoms with Gasteiger partial charge < -0.3 is 10.1 Å². The number of hydrogen-bond acceptors (Lipinski definition) is 2. The van der Waals surface area contributed by atoms with Crippen molar-refractivity contribution in [3.63, 3.8) is 0 Å². The highest BCUT2D eigenvalue weighted by molar-refractivity contribution is 9.11. The summed E-state index contributed by atoms with van der Waals surface area (Å²) >= 11 is 7.14. The van der Waals surface area contributed by atoms with Gasteiger partial charge in [-0.2, -0.15) is 0 Å². The first-order valence-electron chi connectivity index (χ1n) is 7.68. The van der Waals surface area contributed by atoms with Gasteiger partial charge in [0, 0.05) is 16.6 Å². The molecule has 0 spiro atoms. The van der Waals surface area contributed by atoms with E-state index in [0.717, 1.165) is 27.8 Å². The van der Waals surface area contributed by atoms with Gasteiger partial charge in [0.25, 0.3) is 0 Å². The zero-order valence-electron chi connectivity index (χ0n) is 13.7. The lowest BCUT2D eigenvalue weighted by Gasteiger charge is -2.25. The summed E-state index contributed by atoms with van der Waals surface area (Å²) in [6.07, 6.45) is 0. The molecule has 0 aliphatic heterocycles. The molecule has 0 fully saturated rings. The lowest BCUT2D eigenvalue weighted by atomic mass is 9.85. The fourth-order valence-corrected chi connectivity index (χ4v) is 4.09. The molecule has 1 rings (SSSR count). The molecule has 0 heterocycles. The largest absolute Gasteiger partial charge is 0.492 e. The first kappa shape index (κ1) is 19.0. The number of ether oxygens (including phenoxy) is 1. The molecule has 0 aliphatic carbocycles. The second-order valence-electron chi connectivity index (χ2n) is 6.09. The SMILES string of the molecule is CCOc1c(Br)cc(Br)cc1CNCC(C(C)C)C(C)C. The van der Waals surface area contributed by atoms with Crippen molar-refractivity contribution < 1.29 is 4.74 Å². The molecule has 0 amide bonds. The summed E-state index contributed by atoms with van der Waals surface area (Å²) in [6.45, 7) is 13.7. The van der Waals surface area contributed by atoms with Gasteiger partial charge in [-0.15, -0.1) is 0 Å². The molecule has 0 radical (unpaired) electrons. The maximum absolute atomic E-state index is 5.77. The monoisotopic (exact) mass is 419 g/mol. The number of hydrogen-bond donors (Lipinski definition) is 1. The van der Waals surface area contributed by atoms with E-state index in [9.17, 15) is 0 Å². The third-order valence-electron chi connectivity index (χ3n) is 3.78. The Morgan fingerprint density at radius 3 is 2.24 bits per heavy atom. The Labute approximate surface area is 146 Å². The van der Waals surface area contributed by atoms with E-state index in [1.807, 2.05) is 13.0 Å². The lowest BCUT2D eigenvalue weighted by molar-refractivity contribution is 0.274. The van der Waals surface area contributed by atoms with Crippen LogP contribution >= 0.6 is 31.9 Å². The molecular weight excluding hydrogens is 394 g/mol. The number of benzene rings is 1. The van der Waals surface area contributed by atoms with Crippen LogP contribution in [0.3, 0.4) is 0 Å². The van der Waals surface area contributed by atoms with Crippen molar-refractivity contribution in [2.75, 3.05) is 13.2 Å². The van der Waals surface area contributed by atoms with Crippen molar-refractivity contribution in [2.45, 2.75) is 41.2 Å². The van der Waals surface area contributed by atoms with Crippen molar-refractivity contribution in [3.8, 4) is 5.75 Å². The minimum absolute atomic E-state index is 0.674. The topological polar surface area (TPSA) is 21.3 Å². The Hall–Kier alpha value is -0.0600. The van der Waals surface area contributed by atoms with Crippen LogP contribution in [0, 0.1) is 17.8 Å². The summed E-state index contributed by atoms with van der Waals surface area (Å²) < 4.78 is 7.84. The van der Waals surface area contributed by atoms with Gasteiger partial charge in [0.15, 0.2) is 0 Å².